The third-order valence-electron chi connectivity index (χ3n) is 4.08. The predicted molar refractivity (Wildman–Crippen MR) is 98.6 cm³/mol. The summed E-state index contributed by atoms with van der Waals surface area (Å²) in [6.07, 6.45) is 1.32. The second-order valence-electron chi connectivity index (χ2n) is 5.98. The fraction of sp³-hybridized carbons (Fsp3) is 0.294. The quantitative estimate of drug-likeness (QED) is 0.670. The molecule has 3 nitrogen and oxygen atoms in total. The lowest BCUT2D eigenvalue weighted by molar-refractivity contribution is 0.501. The van der Waals surface area contributed by atoms with Gasteiger partial charge >= 0.3 is 0 Å². The molecule has 1 saturated carbocycles. The molecule has 0 heterocycles. The normalized spacial score (nSPS) is 14.7. The minimum atomic E-state index is -3.54. The Morgan fingerprint density at radius 1 is 1.21 bits per heavy atom. The van der Waals surface area contributed by atoms with E-state index < -0.39 is 26.9 Å². The molecular weight excluding hydrogens is 447 g/mol. The third-order valence-corrected chi connectivity index (χ3v) is 6.61. The van der Waals surface area contributed by atoms with Gasteiger partial charge in [-0.3, -0.25) is 4.72 Å². The maximum atomic E-state index is 14.3. The van der Waals surface area contributed by atoms with Crippen LogP contribution in [-0.4, -0.2) is 13.7 Å². The molecule has 0 bridgehead atoms. The summed E-state index contributed by atoms with van der Waals surface area (Å²) in [6.45, 7) is 1.89. The highest BCUT2D eigenvalue weighted by molar-refractivity contribution is 14.1. The van der Waals surface area contributed by atoms with E-state index in [9.17, 15) is 17.2 Å². The molecule has 0 aliphatic heterocycles. The van der Waals surface area contributed by atoms with Gasteiger partial charge in [0.25, 0.3) is 0 Å². The van der Waals surface area contributed by atoms with Gasteiger partial charge in [0.1, 0.15) is 0 Å². The molecule has 24 heavy (non-hydrogen) atoms. The highest BCUT2D eigenvalue weighted by Gasteiger charge is 2.36. The molecule has 128 valence electrons. The minimum absolute atomic E-state index is 0.0310. The van der Waals surface area contributed by atoms with E-state index in [2.05, 4.69) is 27.3 Å². The smallest absolute Gasteiger partial charge is 0.235 e. The maximum absolute atomic E-state index is 14.3. The molecule has 2 aromatic carbocycles. The number of rotatable bonds is 5. The van der Waals surface area contributed by atoms with Crippen LogP contribution in [0.25, 0.3) is 0 Å². The van der Waals surface area contributed by atoms with Gasteiger partial charge < -0.3 is 0 Å². The van der Waals surface area contributed by atoms with E-state index in [1.807, 2.05) is 25.1 Å². The molecule has 0 atom stereocenters. The molecule has 2 aromatic rings. The molecule has 0 radical (unpaired) electrons. The van der Waals surface area contributed by atoms with E-state index in [1.54, 1.807) is 0 Å². The second kappa shape index (κ2) is 6.59. The van der Waals surface area contributed by atoms with Gasteiger partial charge in [0.05, 0.1) is 10.9 Å². The molecular formula is C17H16F2INO2S. The molecule has 0 saturated heterocycles. The Balaban J connectivity index is 2.00. The van der Waals surface area contributed by atoms with Crippen molar-refractivity contribution in [1.82, 2.24) is 0 Å². The van der Waals surface area contributed by atoms with Crippen molar-refractivity contribution in [2.75, 3.05) is 4.72 Å². The maximum Gasteiger partial charge on any atom is 0.235 e. The highest BCUT2D eigenvalue weighted by Crippen LogP contribution is 2.32. The predicted octanol–water partition coefficient (Wildman–Crippen LogP) is 4.37. The topological polar surface area (TPSA) is 46.2 Å². The average Bonchev–Trinajstić information content (AvgIpc) is 3.34. The fourth-order valence-corrected chi connectivity index (χ4v) is 4.59. The summed E-state index contributed by atoms with van der Waals surface area (Å²) < 4.78 is 55.8. The Morgan fingerprint density at radius 3 is 2.54 bits per heavy atom. The van der Waals surface area contributed by atoms with E-state index in [4.69, 9.17) is 0 Å². The van der Waals surface area contributed by atoms with Crippen molar-refractivity contribution < 1.29 is 17.2 Å². The molecule has 3 rings (SSSR count). The average molecular weight is 463 g/mol. The van der Waals surface area contributed by atoms with E-state index in [0.717, 1.165) is 20.8 Å². The van der Waals surface area contributed by atoms with Crippen LogP contribution >= 0.6 is 22.6 Å². The molecule has 0 spiro atoms. The summed E-state index contributed by atoms with van der Waals surface area (Å²) in [6, 6.07) is 7.91. The number of hydrogen-bond donors (Lipinski definition) is 1. The zero-order chi connectivity index (χ0) is 17.5. The Morgan fingerprint density at radius 2 is 1.92 bits per heavy atom. The van der Waals surface area contributed by atoms with Crippen LogP contribution in [0.2, 0.25) is 0 Å². The first kappa shape index (κ1) is 17.6. The first-order chi connectivity index (χ1) is 11.3. The summed E-state index contributed by atoms with van der Waals surface area (Å²) in [7, 11) is -3.54. The van der Waals surface area contributed by atoms with Crippen LogP contribution in [0, 0.1) is 22.1 Å². The van der Waals surface area contributed by atoms with E-state index in [-0.39, 0.29) is 17.7 Å². The lowest BCUT2D eigenvalue weighted by Gasteiger charge is -2.15. The zero-order valence-electron chi connectivity index (χ0n) is 12.9. The first-order valence-corrected chi connectivity index (χ1v) is 10.1. The Labute approximate surface area is 153 Å². The summed E-state index contributed by atoms with van der Waals surface area (Å²) in [5, 5.41) is -0.432. The van der Waals surface area contributed by atoms with Gasteiger partial charge in [0.15, 0.2) is 11.6 Å². The van der Waals surface area contributed by atoms with Crippen LogP contribution in [0.15, 0.2) is 30.3 Å². The van der Waals surface area contributed by atoms with Crippen molar-refractivity contribution in [2.24, 2.45) is 0 Å². The minimum Gasteiger partial charge on any atom is -0.283 e. The van der Waals surface area contributed by atoms with Crippen molar-refractivity contribution >= 4 is 38.3 Å². The lowest BCUT2D eigenvalue weighted by Crippen LogP contribution is -2.19. The van der Waals surface area contributed by atoms with Gasteiger partial charge in [-0.15, -0.1) is 0 Å². The standard InChI is InChI=1S/C17H16F2INO2S/c1-10-8-12(20)3-2-11(10)9-14-16(7-6-15(18)17(14)19)21-24(22,23)13-4-5-13/h2-3,6-8,13,21H,4-5,9H2,1H3. The number of anilines is 1. The van der Waals surface area contributed by atoms with Gasteiger partial charge in [-0.25, -0.2) is 17.2 Å². The number of hydrogen-bond acceptors (Lipinski definition) is 2. The highest BCUT2D eigenvalue weighted by atomic mass is 127. The first-order valence-electron chi connectivity index (χ1n) is 7.51. The van der Waals surface area contributed by atoms with Crippen LogP contribution in [0.4, 0.5) is 14.5 Å². The summed E-state index contributed by atoms with van der Waals surface area (Å²) in [4.78, 5) is 0. The number of halogens is 3. The summed E-state index contributed by atoms with van der Waals surface area (Å²) in [5.41, 5.74) is 1.91. The molecule has 0 amide bonds. The van der Waals surface area contributed by atoms with Gasteiger partial charge in [-0.05, 0) is 77.7 Å². The molecule has 1 aliphatic carbocycles. The van der Waals surface area contributed by atoms with Crippen LogP contribution < -0.4 is 4.72 Å². The van der Waals surface area contributed by atoms with E-state index >= 15 is 0 Å². The fourth-order valence-electron chi connectivity index (χ4n) is 2.52. The molecule has 0 unspecified atom stereocenters. The monoisotopic (exact) mass is 463 g/mol. The Hall–Kier alpha value is -1.22. The van der Waals surface area contributed by atoms with Crippen molar-refractivity contribution in [3.63, 3.8) is 0 Å². The van der Waals surface area contributed by atoms with Crippen LogP contribution in [0.3, 0.4) is 0 Å². The summed E-state index contributed by atoms with van der Waals surface area (Å²) in [5.74, 6) is -1.99. The van der Waals surface area contributed by atoms with Gasteiger partial charge in [-0.2, -0.15) is 0 Å². The van der Waals surface area contributed by atoms with Gasteiger partial charge in [0, 0.05) is 15.6 Å². The lowest BCUT2D eigenvalue weighted by atomic mass is 9.99. The SMILES string of the molecule is Cc1cc(I)ccc1Cc1c(NS(=O)(=O)C2CC2)ccc(F)c1F. The molecule has 1 aliphatic rings. The Bertz CT molecular complexity index is 896. The van der Waals surface area contributed by atoms with Crippen molar-refractivity contribution in [1.29, 1.82) is 0 Å². The second-order valence-corrected chi connectivity index (χ2v) is 9.19. The molecule has 1 fully saturated rings. The zero-order valence-corrected chi connectivity index (χ0v) is 15.9. The van der Waals surface area contributed by atoms with Gasteiger partial charge in [0.2, 0.25) is 10.0 Å². The molecule has 0 aromatic heterocycles. The summed E-state index contributed by atoms with van der Waals surface area (Å²) >= 11 is 2.18. The van der Waals surface area contributed by atoms with Crippen molar-refractivity contribution in [3.8, 4) is 0 Å². The van der Waals surface area contributed by atoms with Crippen LogP contribution in [-0.2, 0) is 16.4 Å². The van der Waals surface area contributed by atoms with Crippen LogP contribution in [0.1, 0.15) is 29.5 Å². The van der Waals surface area contributed by atoms with E-state index in [0.29, 0.717) is 12.8 Å². The van der Waals surface area contributed by atoms with Crippen molar-refractivity contribution in [2.45, 2.75) is 31.4 Å². The van der Waals surface area contributed by atoms with Crippen molar-refractivity contribution in [3.05, 3.63) is 62.2 Å². The number of nitrogens with one attached hydrogen (secondary N) is 1. The van der Waals surface area contributed by atoms with E-state index in [1.165, 1.54) is 6.07 Å². The van der Waals surface area contributed by atoms with Crippen LogP contribution in [0.5, 0.6) is 0 Å². The number of benzene rings is 2. The molecule has 7 heteroatoms. The number of aryl methyl sites for hydroxylation is 1. The largest absolute Gasteiger partial charge is 0.283 e. The molecule has 1 N–H and O–H groups in total. The van der Waals surface area contributed by atoms with Gasteiger partial charge in [-0.1, -0.05) is 6.07 Å². The third kappa shape index (κ3) is 3.72. The number of sulfonamides is 1. The Kier molecular flexibility index (Phi) is 4.83.